The second-order valence-electron chi connectivity index (χ2n) is 3.68. The van der Waals surface area contributed by atoms with Crippen molar-refractivity contribution in [1.29, 1.82) is 0 Å². The smallest absolute Gasteiger partial charge is 0.374 e. The first-order chi connectivity index (χ1) is 7.72. The zero-order valence-corrected chi connectivity index (χ0v) is 10.8. The Hall–Kier alpha value is -1.05. The lowest BCUT2D eigenvalue weighted by Crippen LogP contribution is -2.28. The second kappa shape index (κ2) is 5.07. The normalized spacial score (nSPS) is 11.9. The molecule has 96 valence electrons. The van der Waals surface area contributed by atoms with E-state index in [0.29, 0.717) is 0 Å². The summed E-state index contributed by atoms with van der Waals surface area (Å²) in [5, 5.41) is 5.90. The Bertz CT molecular complexity index is 456. The molecule has 17 heavy (non-hydrogen) atoms. The molecule has 1 aromatic rings. The van der Waals surface area contributed by atoms with Crippen LogP contribution in [0.1, 0.15) is 19.9 Å². The number of rotatable bonds is 3. The van der Waals surface area contributed by atoms with Crippen LogP contribution in [-0.2, 0) is 0 Å². The fraction of sp³-hybridized carbons (Fsp3) is 0.556. The van der Waals surface area contributed by atoms with Gasteiger partial charge in [0.25, 0.3) is 5.56 Å². The average Bonchev–Trinajstić information content (AvgIpc) is 2.18. The molecular formula is C9H11BrF3N3O. The van der Waals surface area contributed by atoms with Gasteiger partial charge in [0, 0.05) is 0 Å². The van der Waals surface area contributed by atoms with E-state index < -0.39 is 18.3 Å². The molecule has 0 aliphatic rings. The van der Waals surface area contributed by atoms with Crippen LogP contribution < -0.4 is 10.9 Å². The number of aromatic nitrogens is 2. The van der Waals surface area contributed by atoms with Crippen molar-refractivity contribution in [1.82, 2.24) is 9.78 Å². The Balaban J connectivity index is 2.98. The third-order valence-electron chi connectivity index (χ3n) is 1.91. The minimum Gasteiger partial charge on any atom is -0.374 e. The summed E-state index contributed by atoms with van der Waals surface area (Å²) in [5.74, 6) is 0. The van der Waals surface area contributed by atoms with Gasteiger partial charge in [-0.15, -0.1) is 0 Å². The van der Waals surface area contributed by atoms with Crippen LogP contribution in [0.4, 0.5) is 18.9 Å². The largest absolute Gasteiger partial charge is 0.405 e. The predicted octanol–water partition coefficient (Wildman–Crippen LogP) is 2.56. The molecule has 0 radical (unpaired) electrons. The van der Waals surface area contributed by atoms with E-state index in [0.717, 1.165) is 0 Å². The Morgan fingerprint density at radius 3 is 2.59 bits per heavy atom. The molecule has 0 spiro atoms. The summed E-state index contributed by atoms with van der Waals surface area (Å²) in [4.78, 5) is 11.7. The number of anilines is 1. The van der Waals surface area contributed by atoms with Gasteiger partial charge in [-0.2, -0.15) is 18.3 Å². The van der Waals surface area contributed by atoms with Crippen molar-refractivity contribution in [3.05, 3.63) is 21.0 Å². The zero-order chi connectivity index (χ0) is 13.2. The fourth-order valence-corrected chi connectivity index (χ4v) is 1.56. The van der Waals surface area contributed by atoms with Crippen LogP contribution in [0, 0.1) is 0 Å². The standard InChI is InChI=1S/C9H11BrF3N3O/c1-5(2)16-8(17)7(10)6(3-15-16)14-4-9(11,12)13/h3,5,14H,4H2,1-2H3. The molecule has 0 aliphatic carbocycles. The first-order valence-electron chi connectivity index (χ1n) is 4.80. The highest BCUT2D eigenvalue weighted by Gasteiger charge is 2.27. The van der Waals surface area contributed by atoms with Gasteiger partial charge in [-0.1, -0.05) is 0 Å². The van der Waals surface area contributed by atoms with E-state index in [4.69, 9.17) is 0 Å². The van der Waals surface area contributed by atoms with Crippen molar-refractivity contribution in [2.24, 2.45) is 0 Å². The van der Waals surface area contributed by atoms with E-state index in [9.17, 15) is 18.0 Å². The van der Waals surface area contributed by atoms with Gasteiger partial charge in [0.2, 0.25) is 0 Å². The monoisotopic (exact) mass is 313 g/mol. The number of hydrogen-bond acceptors (Lipinski definition) is 3. The van der Waals surface area contributed by atoms with Crippen LogP contribution in [0.5, 0.6) is 0 Å². The maximum absolute atomic E-state index is 12.0. The Labute approximate surface area is 104 Å². The van der Waals surface area contributed by atoms with Gasteiger partial charge in [-0.05, 0) is 29.8 Å². The van der Waals surface area contributed by atoms with Crippen molar-refractivity contribution in [2.45, 2.75) is 26.1 Å². The van der Waals surface area contributed by atoms with Gasteiger partial charge in [-0.25, -0.2) is 4.68 Å². The Kier molecular flexibility index (Phi) is 4.18. The third kappa shape index (κ3) is 3.72. The van der Waals surface area contributed by atoms with Gasteiger partial charge in [0.05, 0.1) is 17.9 Å². The number of nitrogens with zero attached hydrogens (tertiary/aromatic N) is 2. The molecule has 0 saturated heterocycles. The van der Waals surface area contributed by atoms with Crippen LogP contribution in [0.15, 0.2) is 15.5 Å². The van der Waals surface area contributed by atoms with E-state index in [2.05, 4.69) is 26.3 Å². The summed E-state index contributed by atoms with van der Waals surface area (Å²) in [6.45, 7) is 2.30. The maximum atomic E-state index is 12.0. The molecule has 0 unspecified atom stereocenters. The van der Waals surface area contributed by atoms with Crippen LogP contribution in [0.3, 0.4) is 0 Å². The molecule has 4 nitrogen and oxygen atoms in total. The molecule has 8 heteroatoms. The molecule has 1 aromatic heterocycles. The van der Waals surface area contributed by atoms with Crippen LogP contribution in [-0.4, -0.2) is 22.5 Å². The molecule has 0 saturated carbocycles. The van der Waals surface area contributed by atoms with Crippen molar-refractivity contribution < 1.29 is 13.2 Å². The van der Waals surface area contributed by atoms with E-state index in [1.807, 2.05) is 0 Å². The number of hydrogen-bond donors (Lipinski definition) is 1. The average molecular weight is 314 g/mol. The summed E-state index contributed by atoms with van der Waals surface area (Å²) >= 11 is 2.96. The molecule has 1 N–H and O–H groups in total. The highest BCUT2D eigenvalue weighted by atomic mass is 79.9. The second-order valence-corrected chi connectivity index (χ2v) is 4.48. The zero-order valence-electron chi connectivity index (χ0n) is 9.18. The minimum atomic E-state index is -4.34. The maximum Gasteiger partial charge on any atom is 0.405 e. The molecule has 1 heterocycles. The van der Waals surface area contributed by atoms with Crippen molar-refractivity contribution in [3.8, 4) is 0 Å². The van der Waals surface area contributed by atoms with Gasteiger partial charge in [0.1, 0.15) is 11.0 Å². The quantitative estimate of drug-likeness (QED) is 0.933. The summed E-state index contributed by atoms with van der Waals surface area (Å²) in [6.07, 6.45) is -3.15. The molecule has 0 aromatic carbocycles. The molecule has 0 aliphatic heterocycles. The van der Waals surface area contributed by atoms with E-state index >= 15 is 0 Å². The van der Waals surface area contributed by atoms with E-state index in [-0.39, 0.29) is 16.2 Å². The summed E-state index contributed by atoms with van der Waals surface area (Å²) in [6, 6.07) is -0.157. The lowest BCUT2D eigenvalue weighted by molar-refractivity contribution is -0.115. The fourth-order valence-electron chi connectivity index (χ4n) is 1.13. The number of alkyl halides is 3. The van der Waals surface area contributed by atoms with E-state index in [1.54, 1.807) is 13.8 Å². The number of halogens is 4. The van der Waals surface area contributed by atoms with Crippen LogP contribution >= 0.6 is 15.9 Å². The molecule has 0 fully saturated rings. The molecule has 0 amide bonds. The summed E-state index contributed by atoms with van der Waals surface area (Å²) in [7, 11) is 0. The lowest BCUT2D eigenvalue weighted by atomic mass is 10.4. The number of nitrogens with one attached hydrogen (secondary N) is 1. The highest BCUT2D eigenvalue weighted by molar-refractivity contribution is 9.10. The summed E-state index contributed by atoms with van der Waals surface area (Å²) in [5.41, 5.74) is -0.434. The Morgan fingerprint density at radius 2 is 2.12 bits per heavy atom. The van der Waals surface area contributed by atoms with Gasteiger partial charge >= 0.3 is 6.18 Å². The molecule has 0 atom stereocenters. The minimum absolute atomic E-state index is 0.0317. The summed E-state index contributed by atoms with van der Waals surface area (Å²) < 4.78 is 37.2. The lowest BCUT2D eigenvalue weighted by Gasteiger charge is -2.13. The topological polar surface area (TPSA) is 46.9 Å². The van der Waals surface area contributed by atoms with Crippen molar-refractivity contribution in [3.63, 3.8) is 0 Å². The highest BCUT2D eigenvalue weighted by Crippen LogP contribution is 2.20. The predicted molar refractivity (Wildman–Crippen MR) is 61.1 cm³/mol. The Morgan fingerprint density at radius 1 is 1.53 bits per heavy atom. The van der Waals surface area contributed by atoms with Gasteiger partial charge in [0.15, 0.2) is 0 Å². The third-order valence-corrected chi connectivity index (χ3v) is 2.68. The first-order valence-corrected chi connectivity index (χ1v) is 5.59. The molecule has 0 bridgehead atoms. The molecular weight excluding hydrogens is 303 g/mol. The van der Waals surface area contributed by atoms with Crippen molar-refractivity contribution >= 4 is 21.6 Å². The van der Waals surface area contributed by atoms with Crippen LogP contribution in [0.25, 0.3) is 0 Å². The van der Waals surface area contributed by atoms with Crippen LogP contribution in [0.2, 0.25) is 0 Å². The molecule has 1 rings (SSSR count). The van der Waals surface area contributed by atoms with Gasteiger partial charge in [-0.3, -0.25) is 4.79 Å². The first kappa shape index (κ1) is 14.0. The van der Waals surface area contributed by atoms with Crippen molar-refractivity contribution in [2.75, 3.05) is 11.9 Å². The SMILES string of the molecule is CC(C)n1ncc(NCC(F)(F)F)c(Br)c1=O. The van der Waals surface area contributed by atoms with Gasteiger partial charge < -0.3 is 5.32 Å². The van der Waals surface area contributed by atoms with E-state index in [1.165, 1.54) is 10.9 Å².